The first-order valence-electron chi connectivity index (χ1n) is 6.22. The molecule has 1 aromatic heterocycles. The number of nitrogens with zero attached hydrogens (tertiary/aromatic N) is 1. The molecule has 1 heterocycles. The molecule has 0 saturated heterocycles. The Morgan fingerprint density at radius 2 is 2.11 bits per heavy atom. The molecule has 0 spiro atoms. The highest BCUT2D eigenvalue weighted by Crippen LogP contribution is 2.35. The molecule has 4 nitrogen and oxygen atoms in total. The molecule has 1 saturated carbocycles. The lowest BCUT2D eigenvalue weighted by Gasteiger charge is -2.21. The number of nitrogens with two attached hydrogens (primary N) is 1. The molecule has 5 heteroatoms. The number of aromatic nitrogens is 1. The molecule has 18 heavy (non-hydrogen) atoms. The van der Waals surface area contributed by atoms with Crippen molar-refractivity contribution >= 4 is 23.4 Å². The number of anilines is 1. The second-order valence-electron chi connectivity index (χ2n) is 4.46. The minimum absolute atomic E-state index is 0.324. The molecule has 0 aliphatic heterocycles. The predicted molar refractivity (Wildman–Crippen MR) is 72.7 cm³/mol. The smallest absolute Gasteiger partial charge is 0.356 e. The van der Waals surface area contributed by atoms with Crippen molar-refractivity contribution < 1.29 is 9.53 Å². The van der Waals surface area contributed by atoms with Gasteiger partial charge in [0.05, 0.1) is 12.8 Å². The molecule has 1 aromatic rings. The third-order valence-electron chi connectivity index (χ3n) is 3.11. The Bertz CT molecular complexity index is 431. The van der Waals surface area contributed by atoms with Gasteiger partial charge in [-0.2, -0.15) is 0 Å². The molecule has 2 rings (SSSR count). The van der Waals surface area contributed by atoms with Crippen LogP contribution in [-0.2, 0) is 4.74 Å². The summed E-state index contributed by atoms with van der Waals surface area (Å²) in [6, 6.07) is 3.33. The predicted octanol–water partition coefficient (Wildman–Crippen LogP) is 2.88. The van der Waals surface area contributed by atoms with E-state index >= 15 is 0 Å². The van der Waals surface area contributed by atoms with Crippen LogP contribution in [0.15, 0.2) is 17.2 Å². The van der Waals surface area contributed by atoms with Crippen molar-refractivity contribution in [2.24, 2.45) is 0 Å². The third-order valence-corrected chi connectivity index (χ3v) is 4.47. The first-order chi connectivity index (χ1) is 8.70. The maximum absolute atomic E-state index is 11.4. The van der Waals surface area contributed by atoms with E-state index in [4.69, 9.17) is 5.73 Å². The lowest BCUT2D eigenvalue weighted by molar-refractivity contribution is 0.0593. The van der Waals surface area contributed by atoms with Gasteiger partial charge in [-0.05, 0) is 25.0 Å². The standard InChI is InChI=1S/C13H18N2O2S/c1-17-13(16)11-8-7-10(14)12(15-11)18-9-5-3-2-4-6-9/h7-9H,2-6,14H2,1H3. The van der Waals surface area contributed by atoms with Crippen LogP contribution >= 0.6 is 11.8 Å². The minimum Gasteiger partial charge on any atom is -0.464 e. The molecule has 2 N–H and O–H groups in total. The number of hydrogen-bond acceptors (Lipinski definition) is 5. The summed E-state index contributed by atoms with van der Waals surface area (Å²) in [6.07, 6.45) is 6.27. The van der Waals surface area contributed by atoms with Crippen LogP contribution in [0.1, 0.15) is 42.6 Å². The van der Waals surface area contributed by atoms with Gasteiger partial charge in [-0.1, -0.05) is 19.3 Å². The summed E-state index contributed by atoms with van der Waals surface area (Å²) in [7, 11) is 1.36. The Labute approximate surface area is 111 Å². The highest BCUT2D eigenvalue weighted by atomic mass is 32.2. The van der Waals surface area contributed by atoms with Crippen molar-refractivity contribution in [3.05, 3.63) is 17.8 Å². The van der Waals surface area contributed by atoms with Crippen LogP contribution < -0.4 is 5.73 Å². The number of carbonyl (C=O) groups is 1. The molecule has 98 valence electrons. The van der Waals surface area contributed by atoms with Gasteiger partial charge in [0.2, 0.25) is 0 Å². The fraction of sp³-hybridized carbons (Fsp3) is 0.538. The number of rotatable bonds is 3. The second-order valence-corrected chi connectivity index (χ2v) is 5.75. The van der Waals surface area contributed by atoms with Crippen LogP contribution in [0.5, 0.6) is 0 Å². The fourth-order valence-corrected chi connectivity index (χ4v) is 3.34. The normalized spacial score (nSPS) is 16.5. The average Bonchev–Trinajstić information content (AvgIpc) is 2.41. The van der Waals surface area contributed by atoms with Crippen LogP contribution in [0.25, 0.3) is 0 Å². The van der Waals surface area contributed by atoms with E-state index in [1.807, 2.05) is 0 Å². The number of ether oxygens (including phenoxy) is 1. The number of thioether (sulfide) groups is 1. The highest BCUT2D eigenvalue weighted by Gasteiger charge is 2.18. The van der Waals surface area contributed by atoms with E-state index in [9.17, 15) is 4.79 Å². The monoisotopic (exact) mass is 266 g/mol. The van der Waals surface area contributed by atoms with E-state index in [1.54, 1.807) is 23.9 Å². The maximum atomic E-state index is 11.4. The van der Waals surface area contributed by atoms with Gasteiger partial charge in [-0.25, -0.2) is 9.78 Å². The third kappa shape index (κ3) is 3.16. The number of methoxy groups -OCH3 is 1. The maximum Gasteiger partial charge on any atom is 0.356 e. The van der Waals surface area contributed by atoms with Crippen molar-refractivity contribution in [2.45, 2.75) is 42.4 Å². The van der Waals surface area contributed by atoms with E-state index in [0.29, 0.717) is 16.6 Å². The Kier molecular flexibility index (Phi) is 4.47. The second kappa shape index (κ2) is 6.09. The Morgan fingerprint density at radius 3 is 2.78 bits per heavy atom. The van der Waals surface area contributed by atoms with E-state index in [-0.39, 0.29) is 0 Å². The highest BCUT2D eigenvalue weighted by molar-refractivity contribution is 8.00. The summed E-state index contributed by atoms with van der Waals surface area (Å²) >= 11 is 1.69. The molecular weight excluding hydrogens is 248 g/mol. The lowest BCUT2D eigenvalue weighted by atomic mass is 10.0. The molecule has 0 amide bonds. The van der Waals surface area contributed by atoms with Gasteiger partial charge < -0.3 is 10.5 Å². The molecule has 0 radical (unpaired) electrons. The van der Waals surface area contributed by atoms with Gasteiger partial charge in [0.15, 0.2) is 0 Å². The number of hydrogen-bond donors (Lipinski definition) is 1. The van der Waals surface area contributed by atoms with E-state index in [0.717, 1.165) is 5.03 Å². The van der Waals surface area contributed by atoms with Crippen LogP contribution in [0, 0.1) is 0 Å². The fourth-order valence-electron chi connectivity index (χ4n) is 2.10. The van der Waals surface area contributed by atoms with Crippen molar-refractivity contribution in [3.8, 4) is 0 Å². The van der Waals surface area contributed by atoms with Crippen LogP contribution in [0.4, 0.5) is 5.69 Å². The first-order valence-corrected chi connectivity index (χ1v) is 7.10. The van der Waals surface area contributed by atoms with Crippen molar-refractivity contribution in [2.75, 3.05) is 12.8 Å². The largest absolute Gasteiger partial charge is 0.464 e. The summed E-state index contributed by atoms with van der Waals surface area (Å²) in [6.45, 7) is 0. The molecule has 0 unspecified atom stereocenters. The summed E-state index contributed by atoms with van der Waals surface area (Å²) in [5.41, 5.74) is 6.87. The van der Waals surface area contributed by atoms with Gasteiger partial charge in [0.1, 0.15) is 10.7 Å². The number of esters is 1. The minimum atomic E-state index is -0.416. The van der Waals surface area contributed by atoms with Crippen LogP contribution in [-0.4, -0.2) is 23.3 Å². The lowest BCUT2D eigenvalue weighted by Crippen LogP contribution is -2.11. The van der Waals surface area contributed by atoms with Gasteiger partial charge in [-0.3, -0.25) is 0 Å². The Balaban J connectivity index is 2.12. The zero-order valence-corrected chi connectivity index (χ0v) is 11.3. The van der Waals surface area contributed by atoms with Crippen molar-refractivity contribution in [1.82, 2.24) is 4.98 Å². The van der Waals surface area contributed by atoms with Crippen LogP contribution in [0.3, 0.4) is 0 Å². The van der Waals surface area contributed by atoms with Gasteiger partial charge >= 0.3 is 5.97 Å². The molecule has 0 aromatic carbocycles. The summed E-state index contributed by atoms with van der Waals surface area (Å²) in [4.78, 5) is 15.7. The zero-order chi connectivity index (χ0) is 13.0. The Morgan fingerprint density at radius 1 is 1.39 bits per heavy atom. The summed E-state index contributed by atoms with van der Waals surface area (Å²) in [5.74, 6) is -0.416. The van der Waals surface area contributed by atoms with Gasteiger partial charge in [0, 0.05) is 5.25 Å². The molecule has 1 fully saturated rings. The SMILES string of the molecule is COC(=O)c1ccc(N)c(SC2CCCCC2)n1. The zero-order valence-electron chi connectivity index (χ0n) is 10.5. The molecule has 0 bridgehead atoms. The van der Waals surface area contributed by atoms with Crippen molar-refractivity contribution in [3.63, 3.8) is 0 Å². The quantitative estimate of drug-likeness (QED) is 0.852. The number of nitrogen functional groups attached to an aromatic ring is 1. The van der Waals surface area contributed by atoms with E-state index in [2.05, 4.69) is 9.72 Å². The van der Waals surface area contributed by atoms with Gasteiger partial charge in [-0.15, -0.1) is 11.8 Å². The average molecular weight is 266 g/mol. The molecule has 0 atom stereocenters. The van der Waals surface area contributed by atoms with Gasteiger partial charge in [0.25, 0.3) is 0 Å². The number of pyridine rings is 1. The Hall–Kier alpha value is -1.23. The van der Waals surface area contributed by atoms with Crippen LogP contribution in [0.2, 0.25) is 0 Å². The molecule has 1 aliphatic rings. The summed E-state index contributed by atoms with van der Waals surface area (Å²) in [5, 5.41) is 1.33. The first kappa shape index (κ1) is 13.2. The van der Waals surface area contributed by atoms with E-state index in [1.165, 1.54) is 39.2 Å². The summed E-state index contributed by atoms with van der Waals surface area (Å²) < 4.78 is 4.67. The van der Waals surface area contributed by atoms with Crippen molar-refractivity contribution in [1.29, 1.82) is 0 Å². The molecule has 1 aliphatic carbocycles. The molecular formula is C13H18N2O2S. The number of carbonyl (C=O) groups excluding carboxylic acids is 1. The van der Waals surface area contributed by atoms with E-state index < -0.39 is 5.97 Å². The topological polar surface area (TPSA) is 65.2 Å².